The molecule has 1 N–H and O–H groups in total. The molecule has 5 heteroatoms. The second-order valence-electron chi connectivity index (χ2n) is 4.63. The molecule has 2 rings (SSSR count). The highest BCUT2D eigenvalue weighted by Gasteiger charge is 2.04. The lowest BCUT2D eigenvalue weighted by atomic mass is 10.3. The van der Waals surface area contributed by atoms with E-state index < -0.39 is 0 Å². The summed E-state index contributed by atoms with van der Waals surface area (Å²) in [7, 11) is 1.66. The number of aromatic nitrogens is 2. The highest BCUT2D eigenvalue weighted by atomic mass is 79.9. The fourth-order valence-corrected chi connectivity index (χ4v) is 2.13. The first kappa shape index (κ1) is 13.9. The summed E-state index contributed by atoms with van der Waals surface area (Å²) in [6, 6.07) is 6.34. The summed E-state index contributed by atoms with van der Waals surface area (Å²) in [6.45, 7) is 4.98. The summed E-state index contributed by atoms with van der Waals surface area (Å²) in [5, 5.41) is 7.68. The van der Waals surface area contributed by atoms with E-state index in [1.165, 1.54) is 0 Å². The zero-order valence-corrected chi connectivity index (χ0v) is 12.9. The van der Waals surface area contributed by atoms with E-state index in [1.54, 1.807) is 7.11 Å². The summed E-state index contributed by atoms with van der Waals surface area (Å²) in [4.78, 5) is 0. The van der Waals surface area contributed by atoms with Gasteiger partial charge in [-0.2, -0.15) is 5.10 Å². The van der Waals surface area contributed by atoms with Crippen LogP contribution < -0.4 is 10.1 Å². The first-order valence-electron chi connectivity index (χ1n) is 6.20. The van der Waals surface area contributed by atoms with Crippen molar-refractivity contribution in [2.75, 3.05) is 12.4 Å². The molecule has 19 heavy (non-hydrogen) atoms. The van der Waals surface area contributed by atoms with Gasteiger partial charge in [-0.3, -0.25) is 4.68 Å². The van der Waals surface area contributed by atoms with Crippen LogP contribution >= 0.6 is 15.9 Å². The predicted molar refractivity (Wildman–Crippen MR) is 80.6 cm³/mol. The molecular weight excluding hydrogens is 306 g/mol. The van der Waals surface area contributed by atoms with Gasteiger partial charge in [-0.25, -0.2) is 0 Å². The summed E-state index contributed by atoms with van der Waals surface area (Å²) in [5.74, 6) is 0.822. The van der Waals surface area contributed by atoms with Gasteiger partial charge in [0.2, 0.25) is 0 Å². The summed E-state index contributed by atoms with van der Waals surface area (Å²) < 4.78 is 8.18. The largest absolute Gasteiger partial charge is 0.495 e. The second-order valence-corrected chi connectivity index (χ2v) is 5.48. The number of rotatable bonds is 5. The van der Waals surface area contributed by atoms with Crippen LogP contribution in [-0.2, 0) is 6.54 Å². The number of nitrogens with one attached hydrogen (secondary N) is 1. The highest BCUT2D eigenvalue weighted by Crippen LogP contribution is 2.28. The summed E-state index contributed by atoms with van der Waals surface area (Å²) in [5.41, 5.74) is 2.19. The number of methoxy groups -OCH3 is 1. The Labute approximate surface area is 121 Å². The van der Waals surface area contributed by atoms with Crippen molar-refractivity contribution >= 4 is 21.6 Å². The van der Waals surface area contributed by atoms with Crippen LogP contribution in [-0.4, -0.2) is 16.9 Å². The first-order valence-corrected chi connectivity index (χ1v) is 7.00. The van der Waals surface area contributed by atoms with Crippen LogP contribution in [0.5, 0.6) is 5.75 Å². The molecular formula is C14H18BrN3O. The first-order chi connectivity index (χ1) is 9.10. The van der Waals surface area contributed by atoms with Crippen molar-refractivity contribution in [2.24, 2.45) is 0 Å². The minimum absolute atomic E-state index is 0.390. The average Bonchev–Trinajstić information content (AvgIpc) is 2.87. The number of halogens is 1. The summed E-state index contributed by atoms with van der Waals surface area (Å²) in [6.07, 6.45) is 3.96. The molecule has 1 heterocycles. The van der Waals surface area contributed by atoms with Crippen LogP contribution in [0.25, 0.3) is 0 Å². The normalized spacial score (nSPS) is 10.8. The van der Waals surface area contributed by atoms with Crippen molar-refractivity contribution in [3.8, 4) is 5.75 Å². The third-order valence-corrected chi connectivity index (χ3v) is 3.49. The van der Waals surface area contributed by atoms with Gasteiger partial charge in [0, 0.05) is 36.1 Å². The Balaban J connectivity index is 2.01. The summed E-state index contributed by atoms with van der Waals surface area (Å²) >= 11 is 3.44. The molecule has 0 amide bonds. The molecule has 102 valence electrons. The van der Waals surface area contributed by atoms with Crippen molar-refractivity contribution in [2.45, 2.75) is 26.4 Å². The fraction of sp³-hybridized carbons (Fsp3) is 0.357. The number of anilines is 1. The monoisotopic (exact) mass is 323 g/mol. The predicted octanol–water partition coefficient (Wildman–Crippen LogP) is 3.85. The lowest BCUT2D eigenvalue weighted by Gasteiger charge is -2.08. The molecule has 1 aromatic carbocycles. The fourth-order valence-electron chi connectivity index (χ4n) is 1.72. The standard InChI is InChI=1S/C14H18BrN3O/c1-10(2)18-9-11(8-17-18)7-16-12-4-5-13(15)14(6-12)19-3/h4-6,8-10,16H,7H2,1-3H3. The van der Waals surface area contributed by atoms with E-state index >= 15 is 0 Å². The maximum atomic E-state index is 5.27. The van der Waals surface area contributed by atoms with Gasteiger partial charge in [0.15, 0.2) is 0 Å². The third-order valence-electron chi connectivity index (χ3n) is 2.83. The Morgan fingerprint density at radius 2 is 2.21 bits per heavy atom. The number of hydrogen-bond acceptors (Lipinski definition) is 3. The van der Waals surface area contributed by atoms with Gasteiger partial charge < -0.3 is 10.1 Å². The van der Waals surface area contributed by atoms with E-state index in [1.807, 2.05) is 29.1 Å². The molecule has 0 unspecified atom stereocenters. The lowest BCUT2D eigenvalue weighted by Crippen LogP contribution is -2.01. The van der Waals surface area contributed by atoms with Gasteiger partial charge in [0.25, 0.3) is 0 Å². The molecule has 0 radical (unpaired) electrons. The molecule has 0 fully saturated rings. The van der Waals surface area contributed by atoms with E-state index in [-0.39, 0.29) is 0 Å². The number of hydrogen-bond donors (Lipinski definition) is 1. The van der Waals surface area contributed by atoms with Crippen LogP contribution in [0.4, 0.5) is 5.69 Å². The molecule has 0 aliphatic rings. The Bertz CT molecular complexity index is 551. The zero-order chi connectivity index (χ0) is 13.8. The van der Waals surface area contributed by atoms with Gasteiger partial charge in [0.05, 0.1) is 17.8 Å². The molecule has 4 nitrogen and oxygen atoms in total. The van der Waals surface area contributed by atoms with Crippen LogP contribution in [0, 0.1) is 0 Å². The van der Waals surface area contributed by atoms with Crippen LogP contribution in [0.15, 0.2) is 35.1 Å². The highest BCUT2D eigenvalue weighted by molar-refractivity contribution is 9.10. The van der Waals surface area contributed by atoms with Crippen molar-refractivity contribution < 1.29 is 4.74 Å². The van der Waals surface area contributed by atoms with Gasteiger partial charge in [-0.15, -0.1) is 0 Å². The van der Waals surface area contributed by atoms with Gasteiger partial charge in [-0.05, 0) is 41.9 Å². The number of benzene rings is 1. The topological polar surface area (TPSA) is 39.1 Å². The molecule has 0 atom stereocenters. The lowest BCUT2D eigenvalue weighted by molar-refractivity contribution is 0.412. The van der Waals surface area contributed by atoms with Gasteiger partial charge in [0.1, 0.15) is 5.75 Å². The molecule has 0 spiro atoms. The Morgan fingerprint density at radius 3 is 2.84 bits per heavy atom. The van der Waals surface area contributed by atoms with E-state index in [0.29, 0.717) is 6.04 Å². The smallest absolute Gasteiger partial charge is 0.135 e. The number of nitrogens with zero attached hydrogens (tertiary/aromatic N) is 2. The van der Waals surface area contributed by atoms with Crippen molar-refractivity contribution in [3.63, 3.8) is 0 Å². The quantitative estimate of drug-likeness (QED) is 0.908. The molecule has 0 saturated carbocycles. The van der Waals surface area contributed by atoms with Crippen molar-refractivity contribution in [1.82, 2.24) is 9.78 Å². The third kappa shape index (κ3) is 3.50. The van der Waals surface area contributed by atoms with Gasteiger partial charge >= 0.3 is 0 Å². The maximum Gasteiger partial charge on any atom is 0.135 e. The van der Waals surface area contributed by atoms with E-state index in [9.17, 15) is 0 Å². The van der Waals surface area contributed by atoms with Crippen LogP contribution in [0.3, 0.4) is 0 Å². The van der Waals surface area contributed by atoms with Gasteiger partial charge in [-0.1, -0.05) is 0 Å². The zero-order valence-electron chi connectivity index (χ0n) is 11.4. The van der Waals surface area contributed by atoms with E-state index in [4.69, 9.17) is 4.74 Å². The molecule has 0 bridgehead atoms. The average molecular weight is 324 g/mol. The minimum atomic E-state index is 0.390. The van der Waals surface area contributed by atoms with Crippen LogP contribution in [0.1, 0.15) is 25.5 Å². The Morgan fingerprint density at radius 1 is 1.42 bits per heavy atom. The molecule has 0 aliphatic carbocycles. The van der Waals surface area contributed by atoms with E-state index in [0.717, 1.165) is 28.0 Å². The second kappa shape index (κ2) is 6.10. The maximum absolute atomic E-state index is 5.27. The Kier molecular flexibility index (Phi) is 4.47. The molecule has 2 aromatic rings. The van der Waals surface area contributed by atoms with E-state index in [2.05, 4.69) is 46.4 Å². The molecule has 0 saturated heterocycles. The molecule has 1 aromatic heterocycles. The van der Waals surface area contributed by atoms with Crippen molar-refractivity contribution in [1.29, 1.82) is 0 Å². The number of ether oxygens (including phenoxy) is 1. The van der Waals surface area contributed by atoms with Crippen LogP contribution in [0.2, 0.25) is 0 Å². The SMILES string of the molecule is COc1cc(NCc2cnn(C(C)C)c2)ccc1Br. The molecule has 0 aliphatic heterocycles. The Hall–Kier alpha value is -1.49. The minimum Gasteiger partial charge on any atom is -0.495 e. The van der Waals surface area contributed by atoms with Crippen molar-refractivity contribution in [3.05, 3.63) is 40.6 Å².